The number of fused-ring (bicyclic) bond motifs is 1. The molecule has 0 bridgehead atoms. The molecule has 3 heterocycles. The highest BCUT2D eigenvalue weighted by atomic mass is 35.5. The van der Waals surface area contributed by atoms with Crippen LogP contribution in [0.2, 0.25) is 5.02 Å². The standard InChI is InChI=1S/C25H25ClN2OS3/c1-27-18-6-8-19(9-7-18)28(13-20-12-17(15-31-20)16-10-11-30-14-16)25(29)24-23(26)21-4-2-3-5-22(21)32-24/h2-5,10-12,14-15,18-19,27H,6-9,13H2,1H3. The van der Waals surface area contributed by atoms with Gasteiger partial charge in [-0.3, -0.25) is 4.79 Å². The fraction of sp³-hybridized carbons (Fsp3) is 0.320. The van der Waals surface area contributed by atoms with Crippen LogP contribution < -0.4 is 5.32 Å². The molecular weight excluding hydrogens is 476 g/mol. The number of halogens is 1. The quantitative estimate of drug-likeness (QED) is 0.297. The van der Waals surface area contributed by atoms with Gasteiger partial charge in [-0.05, 0) is 78.2 Å². The van der Waals surface area contributed by atoms with Gasteiger partial charge in [-0.25, -0.2) is 0 Å². The van der Waals surface area contributed by atoms with Crippen molar-refractivity contribution in [2.75, 3.05) is 7.05 Å². The van der Waals surface area contributed by atoms with Gasteiger partial charge in [-0.1, -0.05) is 29.8 Å². The minimum absolute atomic E-state index is 0.0644. The zero-order chi connectivity index (χ0) is 22.1. The van der Waals surface area contributed by atoms with Crippen molar-refractivity contribution in [2.24, 2.45) is 0 Å². The van der Waals surface area contributed by atoms with Crippen LogP contribution in [0.3, 0.4) is 0 Å². The Balaban J connectivity index is 1.45. The smallest absolute Gasteiger partial charge is 0.266 e. The second kappa shape index (κ2) is 9.65. The van der Waals surface area contributed by atoms with Crippen LogP contribution in [0.5, 0.6) is 0 Å². The Morgan fingerprint density at radius 3 is 2.66 bits per heavy atom. The van der Waals surface area contributed by atoms with Gasteiger partial charge in [0, 0.05) is 27.0 Å². The lowest BCUT2D eigenvalue weighted by molar-refractivity contribution is 0.0609. The van der Waals surface area contributed by atoms with Gasteiger partial charge < -0.3 is 10.2 Å². The van der Waals surface area contributed by atoms with Gasteiger partial charge in [0.15, 0.2) is 0 Å². The van der Waals surface area contributed by atoms with E-state index in [2.05, 4.69) is 38.5 Å². The van der Waals surface area contributed by atoms with Crippen LogP contribution in [-0.2, 0) is 6.54 Å². The number of carbonyl (C=O) groups is 1. The fourth-order valence-electron chi connectivity index (χ4n) is 4.54. The summed E-state index contributed by atoms with van der Waals surface area (Å²) in [5, 5.41) is 11.4. The summed E-state index contributed by atoms with van der Waals surface area (Å²) in [6.45, 7) is 0.632. The number of amides is 1. The summed E-state index contributed by atoms with van der Waals surface area (Å²) in [6.07, 6.45) is 4.22. The van der Waals surface area contributed by atoms with Crippen LogP contribution in [0.4, 0.5) is 0 Å². The molecule has 1 N–H and O–H groups in total. The molecule has 1 aliphatic carbocycles. The number of hydrogen-bond donors (Lipinski definition) is 1. The number of carbonyl (C=O) groups excluding carboxylic acids is 1. The Labute approximate surface area is 205 Å². The Kier molecular flexibility index (Phi) is 6.67. The van der Waals surface area contributed by atoms with E-state index in [1.165, 1.54) is 27.3 Å². The molecule has 3 aromatic heterocycles. The molecule has 0 unspecified atom stereocenters. The Morgan fingerprint density at radius 1 is 1.12 bits per heavy atom. The summed E-state index contributed by atoms with van der Waals surface area (Å²) in [5.74, 6) is 0.0644. The molecule has 1 aromatic carbocycles. The van der Waals surface area contributed by atoms with Crippen molar-refractivity contribution in [3.8, 4) is 11.1 Å². The van der Waals surface area contributed by atoms with E-state index in [0.29, 0.717) is 22.5 Å². The molecule has 5 rings (SSSR count). The fourth-order valence-corrected chi connectivity index (χ4v) is 7.56. The number of nitrogens with zero attached hydrogens (tertiary/aromatic N) is 1. The first-order valence-electron chi connectivity index (χ1n) is 10.9. The number of nitrogens with one attached hydrogen (secondary N) is 1. The Morgan fingerprint density at radius 2 is 1.94 bits per heavy atom. The third-order valence-electron chi connectivity index (χ3n) is 6.37. The minimum atomic E-state index is 0.0644. The van der Waals surface area contributed by atoms with Crippen LogP contribution in [0.25, 0.3) is 21.2 Å². The van der Waals surface area contributed by atoms with E-state index in [1.807, 2.05) is 31.3 Å². The van der Waals surface area contributed by atoms with Crippen LogP contribution in [0, 0.1) is 0 Å². The highest BCUT2D eigenvalue weighted by molar-refractivity contribution is 7.21. The van der Waals surface area contributed by atoms with Crippen LogP contribution >= 0.6 is 45.6 Å². The van der Waals surface area contributed by atoms with Gasteiger partial charge in [0.25, 0.3) is 5.91 Å². The molecule has 3 nitrogen and oxygen atoms in total. The molecule has 1 amide bonds. The van der Waals surface area contributed by atoms with Gasteiger partial charge in [-0.15, -0.1) is 22.7 Å². The molecule has 1 saturated carbocycles. The summed E-state index contributed by atoms with van der Waals surface area (Å²) in [7, 11) is 2.03. The zero-order valence-electron chi connectivity index (χ0n) is 17.8. The maximum absolute atomic E-state index is 13.9. The molecule has 166 valence electrons. The SMILES string of the molecule is CNC1CCC(N(Cc2cc(-c3ccsc3)cs2)C(=O)c2sc3ccccc3c2Cl)CC1. The molecule has 0 saturated heterocycles. The normalized spacial score (nSPS) is 18.8. The van der Waals surface area contributed by atoms with Crippen molar-refractivity contribution in [3.63, 3.8) is 0 Å². The average molecular weight is 501 g/mol. The topological polar surface area (TPSA) is 32.3 Å². The van der Waals surface area contributed by atoms with E-state index in [4.69, 9.17) is 11.6 Å². The number of rotatable bonds is 6. The lowest BCUT2D eigenvalue weighted by Gasteiger charge is -2.36. The molecule has 0 aliphatic heterocycles. The van der Waals surface area contributed by atoms with Crippen LogP contribution in [0.1, 0.15) is 40.2 Å². The van der Waals surface area contributed by atoms with E-state index >= 15 is 0 Å². The first-order chi connectivity index (χ1) is 15.6. The first kappa shape index (κ1) is 22.1. The van der Waals surface area contributed by atoms with Crippen LogP contribution in [0.15, 0.2) is 52.5 Å². The van der Waals surface area contributed by atoms with E-state index in [9.17, 15) is 4.79 Å². The number of benzene rings is 1. The molecule has 7 heteroatoms. The van der Waals surface area contributed by atoms with Crippen molar-refractivity contribution in [1.29, 1.82) is 0 Å². The number of hydrogen-bond acceptors (Lipinski definition) is 5. The van der Waals surface area contributed by atoms with Gasteiger partial charge in [0.2, 0.25) is 0 Å². The van der Waals surface area contributed by atoms with E-state index in [0.717, 1.165) is 35.8 Å². The predicted octanol–water partition coefficient (Wildman–Crippen LogP) is 7.52. The van der Waals surface area contributed by atoms with Gasteiger partial charge in [0.05, 0.1) is 11.6 Å². The van der Waals surface area contributed by atoms with E-state index < -0.39 is 0 Å². The largest absolute Gasteiger partial charge is 0.330 e. The Hall–Kier alpha value is -1.70. The third kappa shape index (κ3) is 4.39. The summed E-state index contributed by atoms with van der Waals surface area (Å²) in [6, 6.07) is 13.2. The second-order valence-electron chi connectivity index (χ2n) is 8.28. The highest BCUT2D eigenvalue weighted by Gasteiger charge is 2.31. The van der Waals surface area contributed by atoms with Gasteiger partial charge >= 0.3 is 0 Å². The zero-order valence-corrected chi connectivity index (χ0v) is 21.0. The van der Waals surface area contributed by atoms with E-state index in [-0.39, 0.29) is 11.9 Å². The lowest BCUT2D eigenvalue weighted by atomic mass is 9.90. The van der Waals surface area contributed by atoms with Crippen LogP contribution in [-0.4, -0.2) is 29.9 Å². The molecule has 0 spiro atoms. The van der Waals surface area contributed by atoms with Gasteiger partial charge in [-0.2, -0.15) is 11.3 Å². The monoisotopic (exact) mass is 500 g/mol. The molecule has 0 atom stereocenters. The van der Waals surface area contributed by atoms with Crippen molar-refractivity contribution < 1.29 is 4.79 Å². The highest BCUT2D eigenvalue weighted by Crippen LogP contribution is 2.38. The first-order valence-corrected chi connectivity index (χ1v) is 13.9. The summed E-state index contributed by atoms with van der Waals surface area (Å²) in [4.78, 5) is 17.8. The summed E-state index contributed by atoms with van der Waals surface area (Å²) in [5.41, 5.74) is 2.48. The molecule has 1 aliphatic rings. The van der Waals surface area contributed by atoms with Gasteiger partial charge in [0.1, 0.15) is 4.88 Å². The second-order valence-corrected chi connectivity index (χ2v) is 11.5. The number of thiophene rings is 3. The summed E-state index contributed by atoms with van der Waals surface area (Å²) >= 11 is 11.7. The Bertz CT molecular complexity index is 1210. The molecule has 0 radical (unpaired) electrons. The average Bonchev–Trinajstić information content (AvgIpc) is 3.58. The van der Waals surface area contributed by atoms with Crippen molar-refractivity contribution in [1.82, 2.24) is 10.2 Å². The van der Waals surface area contributed by atoms with E-state index in [1.54, 1.807) is 22.7 Å². The molecule has 1 fully saturated rings. The minimum Gasteiger partial charge on any atom is -0.330 e. The van der Waals surface area contributed by atoms with Crippen molar-refractivity contribution >= 4 is 61.6 Å². The summed E-state index contributed by atoms with van der Waals surface area (Å²) < 4.78 is 1.07. The predicted molar refractivity (Wildman–Crippen MR) is 139 cm³/mol. The van der Waals surface area contributed by atoms with Crippen molar-refractivity contribution in [3.05, 3.63) is 67.3 Å². The van der Waals surface area contributed by atoms with Crippen molar-refractivity contribution in [2.45, 2.75) is 44.3 Å². The maximum Gasteiger partial charge on any atom is 0.266 e. The lowest BCUT2D eigenvalue weighted by Crippen LogP contribution is -2.44. The molecular formula is C25H25ClN2OS3. The molecule has 4 aromatic rings. The third-order valence-corrected chi connectivity index (χ3v) is 9.64. The maximum atomic E-state index is 13.9. The molecule has 32 heavy (non-hydrogen) atoms.